The molecule has 0 aliphatic rings. The van der Waals surface area contributed by atoms with Gasteiger partial charge in [-0.05, 0) is 0 Å². The van der Waals surface area contributed by atoms with Crippen molar-refractivity contribution < 1.29 is 39.2 Å². The molecule has 90 valence electrons. The number of carboxylic acid groups (broad SMARTS) is 3. The van der Waals surface area contributed by atoms with Crippen molar-refractivity contribution in [3.8, 4) is 0 Å². The van der Waals surface area contributed by atoms with Gasteiger partial charge in [0.2, 0.25) is 0 Å². The maximum atomic E-state index is 10.8. The minimum atomic E-state index is -2.42. The lowest BCUT2D eigenvalue weighted by Gasteiger charge is -2.25. The summed E-state index contributed by atoms with van der Waals surface area (Å²) in [6, 6.07) is 0. The summed E-state index contributed by atoms with van der Waals surface area (Å²) in [6.45, 7) is -0.688. The molecule has 0 heterocycles. The minimum Gasteiger partial charge on any atom is -0.481 e. The summed E-state index contributed by atoms with van der Waals surface area (Å²) in [7, 11) is 0. The van der Waals surface area contributed by atoms with E-state index in [0.29, 0.717) is 0 Å². The Hall–Kier alpha value is -1.96. The molecule has 0 bridgehead atoms. The van der Waals surface area contributed by atoms with Gasteiger partial charge in [-0.3, -0.25) is 9.59 Å². The van der Waals surface area contributed by atoms with Gasteiger partial charge in [0.1, 0.15) is 12.9 Å². The highest BCUT2D eigenvalue weighted by Gasteiger charge is 2.44. The highest BCUT2D eigenvalue weighted by atomic mass is 16.5. The molecule has 0 saturated carbocycles. The number of hydrogen-bond donors (Lipinski definition) is 3. The number of ether oxygens (including phenoxy) is 1. The van der Waals surface area contributed by atoms with Crippen molar-refractivity contribution in [3.63, 3.8) is 0 Å². The summed E-state index contributed by atoms with van der Waals surface area (Å²) < 4.78 is 4.53. The molecule has 0 saturated heterocycles. The van der Waals surface area contributed by atoms with Crippen molar-refractivity contribution >= 4 is 24.2 Å². The SMILES string of the molecule is O=CCOC(CC(=O)O)(CC(=O)O)C(=O)O. The largest absolute Gasteiger partial charge is 0.481 e. The molecule has 0 aromatic carbocycles. The van der Waals surface area contributed by atoms with Crippen LogP contribution in [0.5, 0.6) is 0 Å². The molecule has 0 aliphatic heterocycles. The van der Waals surface area contributed by atoms with E-state index in [1.807, 2.05) is 0 Å². The Balaban J connectivity index is 5.02. The fourth-order valence-corrected chi connectivity index (χ4v) is 1.06. The summed E-state index contributed by atoms with van der Waals surface area (Å²) in [5.41, 5.74) is -2.42. The van der Waals surface area contributed by atoms with E-state index >= 15 is 0 Å². The smallest absolute Gasteiger partial charge is 0.337 e. The van der Waals surface area contributed by atoms with Gasteiger partial charge in [0.05, 0.1) is 12.8 Å². The fourth-order valence-electron chi connectivity index (χ4n) is 1.06. The molecule has 0 rings (SSSR count). The van der Waals surface area contributed by atoms with Gasteiger partial charge in [-0.2, -0.15) is 0 Å². The van der Waals surface area contributed by atoms with E-state index < -0.39 is 43.0 Å². The Kier molecular flexibility index (Phi) is 5.10. The molecule has 0 aromatic rings. The molecule has 0 unspecified atom stereocenters. The van der Waals surface area contributed by atoms with Crippen LogP contribution in [0.3, 0.4) is 0 Å². The van der Waals surface area contributed by atoms with Gasteiger partial charge < -0.3 is 24.9 Å². The van der Waals surface area contributed by atoms with Crippen molar-refractivity contribution in [2.24, 2.45) is 0 Å². The van der Waals surface area contributed by atoms with E-state index in [9.17, 15) is 19.2 Å². The number of carbonyl (C=O) groups excluding carboxylic acids is 1. The van der Waals surface area contributed by atoms with Gasteiger partial charge in [0.25, 0.3) is 0 Å². The Labute approximate surface area is 89.4 Å². The first kappa shape index (κ1) is 14.0. The lowest BCUT2D eigenvalue weighted by Crippen LogP contribution is -2.46. The topological polar surface area (TPSA) is 138 Å². The van der Waals surface area contributed by atoms with Crippen LogP contribution in [-0.2, 0) is 23.9 Å². The quantitative estimate of drug-likeness (QED) is 0.453. The normalized spacial score (nSPS) is 10.8. The van der Waals surface area contributed by atoms with E-state index in [2.05, 4.69) is 4.74 Å². The van der Waals surface area contributed by atoms with Gasteiger partial charge in [-0.15, -0.1) is 0 Å². The third kappa shape index (κ3) is 4.05. The molecule has 8 nitrogen and oxygen atoms in total. The molecule has 8 heteroatoms. The van der Waals surface area contributed by atoms with Gasteiger partial charge in [-0.1, -0.05) is 0 Å². The Morgan fingerprint density at radius 1 is 1.06 bits per heavy atom. The van der Waals surface area contributed by atoms with Crippen LogP contribution in [0.15, 0.2) is 0 Å². The minimum absolute atomic E-state index is 0.210. The molecule has 0 amide bonds. The van der Waals surface area contributed by atoms with Gasteiger partial charge >= 0.3 is 17.9 Å². The first-order valence-electron chi connectivity index (χ1n) is 4.08. The Morgan fingerprint density at radius 2 is 1.50 bits per heavy atom. The monoisotopic (exact) mass is 234 g/mol. The first-order valence-corrected chi connectivity index (χ1v) is 4.08. The lowest BCUT2D eigenvalue weighted by molar-refractivity contribution is -0.178. The highest BCUT2D eigenvalue weighted by Crippen LogP contribution is 2.21. The third-order valence-electron chi connectivity index (χ3n) is 1.69. The van der Waals surface area contributed by atoms with Crippen LogP contribution in [0.1, 0.15) is 12.8 Å². The van der Waals surface area contributed by atoms with E-state index in [-0.39, 0.29) is 6.29 Å². The number of aliphatic carboxylic acids is 3. The molecule has 0 atom stereocenters. The predicted molar refractivity (Wildman–Crippen MR) is 46.9 cm³/mol. The van der Waals surface area contributed by atoms with Crippen molar-refractivity contribution in [1.82, 2.24) is 0 Å². The van der Waals surface area contributed by atoms with Crippen molar-refractivity contribution in [2.45, 2.75) is 18.4 Å². The lowest BCUT2D eigenvalue weighted by atomic mass is 9.95. The summed E-state index contributed by atoms with van der Waals surface area (Å²) in [4.78, 5) is 41.7. The second-order valence-corrected chi connectivity index (χ2v) is 2.92. The summed E-state index contributed by atoms with van der Waals surface area (Å²) in [5, 5.41) is 25.8. The van der Waals surface area contributed by atoms with Gasteiger partial charge in [0, 0.05) is 0 Å². The molecule has 3 N–H and O–H groups in total. The summed E-state index contributed by atoms with van der Waals surface area (Å²) >= 11 is 0. The second-order valence-electron chi connectivity index (χ2n) is 2.92. The zero-order valence-corrected chi connectivity index (χ0v) is 8.08. The Morgan fingerprint density at radius 3 is 1.75 bits per heavy atom. The molecule has 16 heavy (non-hydrogen) atoms. The van der Waals surface area contributed by atoms with Gasteiger partial charge in [-0.25, -0.2) is 4.79 Å². The summed E-state index contributed by atoms with van der Waals surface area (Å²) in [6.07, 6.45) is -1.87. The molecular formula is C8H10O8. The van der Waals surface area contributed by atoms with Crippen LogP contribution in [0.25, 0.3) is 0 Å². The number of carbonyl (C=O) groups is 4. The van der Waals surface area contributed by atoms with Crippen LogP contribution < -0.4 is 0 Å². The van der Waals surface area contributed by atoms with E-state index in [0.717, 1.165) is 0 Å². The van der Waals surface area contributed by atoms with Crippen LogP contribution in [0, 0.1) is 0 Å². The van der Waals surface area contributed by atoms with Crippen molar-refractivity contribution in [1.29, 1.82) is 0 Å². The zero-order chi connectivity index (χ0) is 12.8. The molecule has 0 aromatic heterocycles. The number of carboxylic acids is 3. The van der Waals surface area contributed by atoms with E-state index in [4.69, 9.17) is 15.3 Å². The number of aldehydes is 1. The molecular weight excluding hydrogens is 224 g/mol. The van der Waals surface area contributed by atoms with Crippen LogP contribution in [-0.4, -0.2) is 51.7 Å². The van der Waals surface area contributed by atoms with Crippen LogP contribution in [0.4, 0.5) is 0 Å². The molecule has 0 fully saturated rings. The molecule has 0 aliphatic carbocycles. The summed E-state index contributed by atoms with van der Waals surface area (Å²) in [5.74, 6) is -4.80. The van der Waals surface area contributed by atoms with Crippen molar-refractivity contribution in [2.75, 3.05) is 6.61 Å². The predicted octanol–water partition coefficient (Wildman–Crippen LogP) is -1.03. The first-order chi connectivity index (χ1) is 7.34. The van der Waals surface area contributed by atoms with Crippen LogP contribution in [0.2, 0.25) is 0 Å². The third-order valence-corrected chi connectivity index (χ3v) is 1.69. The van der Waals surface area contributed by atoms with Crippen LogP contribution >= 0.6 is 0 Å². The number of rotatable bonds is 8. The van der Waals surface area contributed by atoms with E-state index in [1.165, 1.54) is 0 Å². The van der Waals surface area contributed by atoms with E-state index in [1.54, 1.807) is 0 Å². The standard InChI is InChI=1S/C8H10O8/c9-1-2-16-8(7(14)15,3-5(10)11)4-6(12)13/h1H,2-4H2,(H,10,11)(H,12,13)(H,14,15). The average molecular weight is 234 g/mol. The average Bonchev–Trinajstić information content (AvgIpc) is 2.11. The maximum absolute atomic E-state index is 10.8. The molecule has 0 spiro atoms. The zero-order valence-electron chi connectivity index (χ0n) is 8.08. The maximum Gasteiger partial charge on any atom is 0.337 e. The number of hydrogen-bond acceptors (Lipinski definition) is 5. The van der Waals surface area contributed by atoms with Crippen molar-refractivity contribution in [3.05, 3.63) is 0 Å². The van der Waals surface area contributed by atoms with Gasteiger partial charge in [0.15, 0.2) is 5.60 Å². The fraction of sp³-hybridized carbons (Fsp3) is 0.500. The molecule has 0 radical (unpaired) electrons. The Bertz CT molecular complexity index is 291. The highest BCUT2D eigenvalue weighted by molar-refractivity contribution is 5.88. The second kappa shape index (κ2) is 5.81.